The molecule has 5 rings (SSSR count). The summed E-state index contributed by atoms with van der Waals surface area (Å²) < 4.78 is 15.1. The molecule has 0 fully saturated rings. The minimum absolute atomic E-state index is 0.205. The second kappa shape index (κ2) is 7.02. The highest BCUT2D eigenvalue weighted by atomic mass is 35.5. The first-order valence-electron chi connectivity index (χ1n) is 8.50. The van der Waals surface area contributed by atoms with Gasteiger partial charge in [-0.25, -0.2) is 19.0 Å². The van der Waals surface area contributed by atoms with E-state index < -0.39 is 0 Å². The normalized spacial score (nSPS) is 11.4. The van der Waals surface area contributed by atoms with Crippen molar-refractivity contribution in [2.45, 2.75) is 10.1 Å². The summed E-state index contributed by atoms with van der Waals surface area (Å²) in [5.41, 5.74) is 2.12. The van der Waals surface area contributed by atoms with Crippen LogP contribution >= 0.6 is 23.4 Å². The third-order valence-corrected chi connectivity index (χ3v) is 5.75. The topological polar surface area (TPSA) is 82.3 Å². The van der Waals surface area contributed by atoms with Crippen molar-refractivity contribution in [1.29, 1.82) is 0 Å². The number of hydrogen-bond acceptors (Lipinski definition) is 7. The molecule has 0 aliphatic heterocycles. The third-order valence-electron chi connectivity index (χ3n) is 4.35. The summed E-state index contributed by atoms with van der Waals surface area (Å²) in [7, 11) is 1.79. The van der Waals surface area contributed by atoms with Crippen LogP contribution in [0.2, 0.25) is 5.15 Å². The van der Waals surface area contributed by atoms with E-state index in [2.05, 4.69) is 30.5 Å². The number of aryl methyl sites for hydroxylation is 1. The van der Waals surface area contributed by atoms with Crippen molar-refractivity contribution >= 4 is 45.2 Å². The molecule has 0 atom stereocenters. The maximum Gasteiger partial charge on any atom is 0.213 e. The van der Waals surface area contributed by atoms with E-state index in [1.165, 1.54) is 23.9 Å². The second-order valence-corrected chi connectivity index (χ2v) is 7.59. The van der Waals surface area contributed by atoms with Gasteiger partial charge in [0.1, 0.15) is 11.0 Å². The van der Waals surface area contributed by atoms with Crippen molar-refractivity contribution in [2.24, 2.45) is 7.05 Å². The van der Waals surface area contributed by atoms with Gasteiger partial charge in [-0.3, -0.25) is 4.98 Å². The van der Waals surface area contributed by atoms with Gasteiger partial charge >= 0.3 is 0 Å². The zero-order valence-electron chi connectivity index (χ0n) is 14.9. The number of hydrogen-bond donors (Lipinski definition) is 0. The molecule has 7 nitrogen and oxygen atoms in total. The van der Waals surface area contributed by atoms with Gasteiger partial charge in [-0.2, -0.15) is 0 Å². The molecule has 0 radical (unpaired) electrons. The average Bonchev–Trinajstić information content (AvgIpc) is 3.13. The van der Waals surface area contributed by atoms with Gasteiger partial charge in [-0.15, -0.1) is 5.10 Å². The van der Waals surface area contributed by atoms with Crippen LogP contribution in [0.3, 0.4) is 0 Å². The van der Waals surface area contributed by atoms with Crippen LogP contribution in [-0.4, -0.2) is 35.2 Å². The van der Waals surface area contributed by atoms with Crippen LogP contribution < -0.4 is 0 Å². The van der Waals surface area contributed by atoms with Gasteiger partial charge in [0.2, 0.25) is 5.16 Å². The Morgan fingerprint density at radius 2 is 1.90 bits per heavy atom. The lowest BCUT2D eigenvalue weighted by Crippen LogP contribution is -1.94. The molecule has 3 aromatic heterocycles. The molecule has 2 aromatic carbocycles. The minimum atomic E-state index is -0.381. The van der Waals surface area contributed by atoms with Gasteiger partial charge in [0.25, 0.3) is 0 Å². The van der Waals surface area contributed by atoms with Gasteiger partial charge in [0, 0.05) is 34.5 Å². The first kappa shape index (κ1) is 17.9. The zero-order valence-corrected chi connectivity index (χ0v) is 16.5. The lowest BCUT2D eigenvalue weighted by atomic mass is 10.1. The van der Waals surface area contributed by atoms with E-state index in [1.807, 2.05) is 24.3 Å². The number of halogens is 2. The highest BCUT2D eigenvalue weighted by Crippen LogP contribution is 2.33. The fourth-order valence-corrected chi connectivity index (χ4v) is 4.03. The summed E-state index contributed by atoms with van der Waals surface area (Å²) in [5, 5.41) is 13.8. The van der Waals surface area contributed by atoms with Crippen LogP contribution in [0.5, 0.6) is 0 Å². The molecule has 3 heterocycles. The molecule has 0 bridgehead atoms. The van der Waals surface area contributed by atoms with Gasteiger partial charge in [-0.05, 0) is 52.5 Å². The number of nitrogens with zero attached hydrogens (tertiary/aromatic N) is 7. The summed E-state index contributed by atoms with van der Waals surface area (Å²) >= 11 is 7.72. The Morgan fingerprint density at radius 3 is 2.72 bits per heavy atom. The van der Waals surface area contributed by atoms with Gasteiger partial charge < -0.3 is 0 Å². The molecular weight excluding hydrogens is 413 g/mol. The predicted molar refractivity (Wildman–Crippen MR) is 108 cm³/mol. The summed E-state index contributed by atoms with van der Waals surface area (Å²) in [4.78, 5) is 14.3. The van der Waals surface area contributed by atoms with E-state index in [-0.39, 0.29) is 11.0 Å². The summed E-state index contributed by atoms with van der Waals surface area (Å²) in [6.07, 6.45) is 1.73. The first-order valence-corrected chi connectivity index (χ1v) is 9.70. The highest BCUT2D eigenvalue weighted by molar-refractivity contribution is 7.99. The van der Waals surface area contributed by atoms with Crippen LogP contribution in [0.1, 0.15) is 0 Å². The zero-order chi connectivity index (χ0) is 20.0. The Bertz CT molecular complexity index is 1390. The number of benzene rings is 2. The number of tetrazole rings is 1. The summed E-state index contributed by atoms with van der Waals surface area (Å²) in [5.74, 6) is 0.0714. The van der Waals surface area contributed by atoms with Gasteiger partial charge in [-0.1, -0.05) is 23.7 Å². The fourth-order valence-electron chi connectivity index (χ4n) is 2.95. The Balaban J connectivity index is 1.59. The smallest absolute Gasteiger partial charge is 0.213 e. The Hall–Kier alpha value is -3.17. The van der Waals surface area contributed by atoms with Crippen molar-refractivity contribution in [1.82, 2.24) is 35.2 Å². The number of rotatable bonds is 3. The van der Waals surface area contributed by atoms with E-state index in [0.29, 0.717) is 21.9 Å². The average molecular weight is 424 g/mol. The predicted octanol–water partition coefficient (Wildman–Crippen LogP) is 4.31. The molecule has 0 saturated heterocycles. The lowest BCUT2D eigenvalue weighted by Gasteiger charge is -2.08. The SMILES string of the molecule is Cn1nnnc1Sc1ccnc2cc(-c3nc(Cl)c4cc(F)ccc4n3)ccc12. The summed E-state index contributed by atoms with van der Waals surface area (Å²) in [6.45, 7) is 0. The van der Waals surface area contributed by atoms with E-state index in [1.54, 1.807) is 24.0 Å². The molecule has 29 heavy (non-hydrogen) atoms. The van der Waals surface area contributed by atoms with Crippen LogP contribution in [0, 0.1) is 5.82 Å². The van der Waals surface area contributed by atoms with Crippen LogP contribution in [0.15, 0.2) is 58.7 Å². The quantitative estimate of drug-likeness (QED) is 0.400. The van der Waals surface area contributed by atoms with Crippen LogP contribution in [0.25, 0.3) is 33.2 Å². The van der Waals surface area contributed by atoms with Crippen molar-refractivity contribution in [2.75, 3.05) is 0 Å². The van der Waals surface area contributed by atoms with E-state index >= 15 is 0 Å². The van der Waals surface area contributed by atoms with Crippen molar-refractivity contribution < 1.29 is 4.39 Å². The van der Waals surface area contributed by atoms with E-state index in [9.17, 15) is 4.39 Å². The molecule has 0 spiro atoms. The van der Waals surface area contributed by atoms with Crippen LogP contribution in [-0.2, 0) is 7.05 Å². The molecule has 5 aromatic rings. The van der Waals surface area contributed by atoms with Gasteiger partial charge in [0.05, 0.1) is 11.0 Å². The fraction of sp³-hybridized carbons (Fsp3) is 0.0526. The molecule has 0 saturated carbocycles. The number of fused-ring (bicyclic) bond motifs is 2. The molecular formula is C19H11ClFN7S. The van der Waals surface area contributed by atoms with Crippen LogP contribution in [0.4, 0.5) is 4.39 Å². The molecule has 0 unspecified atom stereocenters. The molecule has 10 heteroatoms. The minimum Gasteiger partial charge on any atom is -0.256 e. The maximum atomic E-state index is 13.5. The molecule has 0 N–H and O–H groups in total. The summed E-state index contributed by atoms with van der Waals surface area (Å²) in [6, 6.07) is 11.9. The Labute approximate surface area is 173 Å². The maximum absolute atomic E-state index is 13.5. The number of aromatic nitrogens is 7. The molecule has 142 valence electrons. The third kappa shape index (κ3) is 3.28. The van der Waals surface area contributed by atoms with Crippen molar-refractivity contribution in [3.05, 3.63) is 59.6 Å². The monoisotopic (exact) mass is 423 g/mol. The van der Waals surface area contributed by atoms with E-state index in [0.717, 1.165) is 21.4 Å². The van der Waals surface area contributed by atoms with Gasteiger partial charge in [0.15, 0.2) is 5.82 Å². The van der Waals surface area contributed by atoms with Crippen molar-refractivity contribution in [3.8, 4) is 11.4 Å². The largest absolute Gasteiger partial charge is 0.256 e. The molecule has 0 amide bonds. The van der Waals surface area contributed by atoms with Crippen molar-refractivity contribution in [3.63, 3.8) is 0 Å². The number of pyridine rings is 1. The Kier molecular flexibility index (Phi) is 4.33. The standard InChI is InChI=1S/C19H11ClFN7S/c1-28-19(25-26-27-28)29-16-6-7-22-15-8-10(2-4-12(15)16)18-23-14-5-3-11(21)9-13(14)17(20)24-18/h2-9H,1H3. The second-order valence-electron chi connectivity index (χ2n) is 6.23. The first-order chi connectivity index (χ1) is 14.1. The lowest BCUT2D eigenvalue weighted by molar-refractivity contribution is 0.629. The Morgan fingerprint density at radius 1 is 1.00 bits per heavy atom. The molecule has 0 aliphatic carbocycles. The highest BCUT2D eigenvalue weighted by Gasteiger charge is 2.12. The van der Waals surface area contributed by atoms with E-state index in [4.69, 9.17) is 11.6 Å². The molecule has 0 aliphatic rings.